The first kappa shape index (κ1) is 19.7. The van der Waals surface area contributed by atoms with Crippen molar-refractivity contribution in [3.63, 3.8) is 0 Å². The number of nitrogens with one attached hydrogen (secondary N) is 1. The number of carbonyl (C=O) groups excluding carboxylic acids is 1. The van der Waals surface area contributed by atoms with E-state index in [4.69, 9.17) is 9.47 Å². The predicted octanol–water partition coefficient (Wildman–Crippen LogP) is 2.91. The van der Waals surface area contributed by atoms with Crippen molar-refractivity contribution in [3.8, 4) is 11.5 Å². The van der Waals surface area contributed by atoms with E-state index in [2.05, 4.69) is 31.9 Å². The summed E-state index contributed by atoms with van der Waals surface area (Å²) in [6.45, 7) is 6.64. The highest BCUT2D eigenvalue weighted by atomic mass is 32.1. The van der Waals surface area contributed by atoms with Gasteiger partial charge in [-0.05, 0) is 41.4 Å². The number of anilines is 1. The number of benzene rings is 1. The van der Waals surface area contributed by atoms with Gasteiger partial charge in [-0.15, -0.1) is 0 Å². The third-order valence-corrected chi connectivity index (χ3v) is 5.72. The largest absolute Gasteiger partial charge is 0.497 e. The second kappa shape index (κ2) is 9.21. The van der Waals surface area contributed by atoms with E-state index in [1.165, 1.54) is 5.56 Å². The van der Waals surface area contributed by atoms with Crippen molar-refractivity contribution in [1.82, 2.24) is 9.80 Å². The molecule has 7 heteroatoms. The van der Waals surface area contributed by atoms with Crippen LogP contribution >= 0.6 is 11.3 Å². The van der Waals surface area contributed by atoms with E-state index in [1.807, 2.05) is 13.0 Å². The molecule has 0 unspecified atom stereocenters. The van der Waals surface area contributed by atoms with Gasteiger partial charge < -0.3 is 14.8 Å². The highest BCUT2D eigenvalue weighted by Crippen LogP contribution is 2.29. The van der Waals surface area contributed by atoms with Crippen LogP contribution in [-0.4, -0.2) is 62.1 Å². The predicted molar refractivity (Wildman–Crippen MR) is 109 cm³/mol. The minimum atomic E-state index is -0.204. The first-order valence-electron chi connectivity index (χ1n) is 9.11. The number of methoxy groups -OCH3 is 2. The van der Waals surface area contributed by atoms with Gasteiger partial charge in [0, 0.05) is 38.8 Å². The fourth-order valence-corrected chi connectivity index (χ4v) is 3.92. The summed E-state index contributed by atoms with van der Waals surface area (Å²) < 4.78 is 10.6. The SMILES string of the molecule is COc1ccc(OC)c(NC(=O)[C@@H](C)N2CCN(Cc3ccsc3)CC2)c1. The minimum Gasteiger partial charge on any atom is -0.497 e. The van der Waals surface area contributed by atoms with Crippen LogP contribution in [0, 0.1) is 0 Å². The maximum absolute atomic E-state index is 12.8. The number of rotatable bonds is 7. The molecule has 1 fully saturated rings. The Morgan fingerprint density at radius 1 is 1.19 bits per heavy atom. The molecule has 6 nitrogen and oxygen atoms in total. The van der Waals surface area contributed by atoms with Crippen molar-refractivity contribution in [2.75, 3.05) is 45.7 Å². The van der Waals surface area contributed by atoms with Crippen molar-refractivity contribution in [2.24, 2.45) is 0 Å². The second-order valence-corrected chi connectivity index (χ2v) is 7.46. The lowest BCUT2D eigenvalue weighted by molar-refractivity contribution is -0.121. The summed E-state index contributed by atoms with van der Waals surface area (Å²) in [6.07, 6.45) is 0. The van der Waals surface area contributed by atoms with Gasteiger partial charge >= 0.3 is 0 Å². The number of ether oxygens (including phenoxy) is 2. The van der Waals surface area contributed by atoms with Crippen molar-refractivity contribution in [1.29, 1.82) is 0 Å². The van der Waals surface area contributed by atoms with Crippen molar-refractivity contribution < 1.29 is 14.3 Å². The topological polar surface area (TPSA) is 54.0 Å². The number of hydrogen-bond acceptors (Lipinski definition) is 6. The maximum atomic E-state index is 12.8. The summed E-state index contributed by atoms with van der Waals surface area (Å²) in [5, 5.41) is 7.30. The number of nitrogens with zero attached hydrogens (tertiary/aromatic N) is 2. The highest BCUT2D eigenvalue weighted by Gasteiger charge is 2.26. The quantitative estimate of drug-likeness (QED) is 0.789. The van der Waals surface area contributed by atoms with Gasteiger partial charge in [0.25, 0.3) is 0 Å². The summed E-state index contributed by atoms with van der Waals surface area (Å²) in [5.41, 5.74) is 1.99. The average molecular weight is 390 g/mol. The van der Waals surface area contributed by atoms with Crippen LogP contribution in [-0.2, 0) is 11.3 Å². The molecule has 146 valence electrons. The van der Waals surface area contributed by atoms with Crippen molar-refractivity contribution >= 4 is 22.9 Å². The second-order valence-electron chi connectivity index (χ2n) is 6.68. The van der Waals surface area contributed by atoms with Gasteiger partial charge in [-0.25, -0.2) is 0 Å². The zero-order chi connectivity index (χ0) is 19.2. The van der Waals surface area contributed by atoms with Crippen molar-refractivity contribution in [3.05, 3.63) is 40.6 Å². The molecule has 0 bridgehead atoms. The Bertz CT molecular complexity index is 743. The Morgan fingerprint density at radius 2 is 1.96 bits per heavy atom. The van der Waals surface area contributed by atoms with Crippen LogP contribution in [0.1, 0.15) is 12.5 Å². The van der Waals surface area contributed by atoms with Crippen LogP contribution < -0.4 is 14.8 Å². The van der Waals surface area contributed by atoms with E-state index in [0.29, 0.717) is 17.2 Å². The standard InChI is InChI=1S/C20H27N3O3S/c1-15(20(24)21-18-12-17(25-2)4-5-19(18)26-3)23-9-7-22(8-10-23)13-16-6-11-27-14-16/h4-6,11-12,14-15H,7-10,13H2,1-3H3,(H,21,24)/t15-/m1/s1. The summed E-state index contributed by atoms with van der Waals surface area (Å²) in [7, 11) is 3.19. The molecule has 0 spiro atoms. The Hall–Kier alpha value is -2.09. The first-order valence-corrected chi connectivity index (χ1v) is 10.1. The lowest BCUT2D eigenvalue weighted by atomic mass is 10.2. The van der Waals surface area contributed by atoms with Crippen LogP contribution in [0.5, 0.6) is 11.5 Å². The zero-order valence-corrected chi connectivity index (χ0v) is 16.9. The summed E-state index contributed by atoms with van der Waals surface area (Å²) in [6, 6.07) is 7.35. The third kappa shape index (κ3) is 5.00. The number of thiophene rings is 1. The van der Waals surface area contributed by atoms with Crippen LogP contribution in [0.3, 0.4) is 0 Å². The van der Waals surface area contributed by atoms with Gasteiger partial charge in [0.15, 0.2) is 0 Å². The smallest absolute Gasteiger partial charge is 0.241 e. The molecule has 0 saturated carbocycles. The Kier molecular flexibility index (Phi) is 6.71. The number of amides is 1. The van der Waals surface area contributed by atoms with E-state index in [1.54, 1.807) is 37.7 Å². The van der Waals surface area contributed by atoms with E-state index in [0.717, 1.165) is 32.7 Å². The first-order chi connectivity index (χ1) is 13.1. The van der Waals surface area contributed by atoms with Crippen LogP contribution in [0.2, 0.25) is 0 Å². The highest BCUT2D eigenvalue weighted by molar-refractivity contribution is 7.07. The maximum Gasteiger partial charge on any atom is 0.241 e. The van der Waals surface area contributed by atoms with E-state index >= 15 is 0 Å². The van der Waals surface area contributed by atoms with Crippen molar-refractivity contribution in [2.45, 2.75) is 19.5 Å². The Labute approximate surface area is 164 Å². The van der Waals surface area contributed by atoms with Gasteiger partial charge in [0.05, 0.1) is 25.9 Å². The molecule has 0 radical (unpaired) electrons. The lowest BCUT2D eigenvalue weighted by Gasteiger charge is -2.37. The van der Waals surface area contributed by atoms with Gasteiger partial charge in [-0.3, -0.25) is 14.6 Å². The molecule has 1 aliphatic heterocycles. The van der Waals surface area contributed by atoms with Gasteiger partial charge in [-0.1, -0.05) is 0 Å². The zero-order valence-electron chi connectivity index (χ0n) is 16.1. The van der Waals surface area contributed by atoms with Gasteiger partial charge in [0.1, 0.15) is 11.5 Å². The molecule has 27 heavy (non-hydrogen) atoms. The van der Waals surface area contributed by atoms with E-state index in [9.17, 15) is 4.79 Å². The van der Waals surface area contributed by atoms with Gasteiger partial charge in [0.2, 0.25) is 5.91 Å². The summed E-state index contributed by atoms with van der Waals surface area (Å²) in [4.78, 5) is 17.4. The fraction of sp³-hybridized carbons (Fsp3) is 0.450. The Balaban J connectivity index is 1.55. The molecule has 3 rings (SSSR count). The number of hydrogen-bond donors (Lipinski definition) is 1. The molecule has 1 atom stereocenters. The minimum absolute atomic E-state index is 0.0344. The molecule has 1 saturated heterocycles. The van der Waals surface area contributed by atoms with Crippen LogP contribution in [0.25, 0.3) is 0 Å². The monoisotopic (exact) mass is 389 g/mol. The molecule has 1 aliphatic rings. The number of carbonyl (C=O) groups is 1. The summed E-state index contributed by atoms with van der Waals surface area (Å²) in [5.74, 6) is 1.27. The summed E-state index contributed by atoms with van der Waals surface area (Å²) >= 11 is 1.73. The normalized spacial score (nSPS) is 16.7. The Morgan fingerprint density at radius 3 is 2.59 bits per heavy atom. The molecule has 1 N–H and O–H groups in total. The number of piperazine rings is 1. The molecule has 1 aromatic carbocycles. The van der Waals surface area contributed by atoms with E-state index in [-0.39, 0.29) is 11.9 Å². The molecule has 1 aromatic heterocycles. The van der Waals surface area contributed by atoms with E-state index < -0.39 is 0 Å². The lowest BCUT2D eigenvalue weighted by Crippen LogP contribution is -2.52. The molecular formula is C20H27N3O3S. The molecule has 2 aromatic rings. The van der Waals surface area contributed by atoms with Crippen LogP contribution in [0.4, 0.5) is 5.69 Å². The molecular weight excluding hydrogens is 362 g/mol. The van der Waals surface area contributed by atoms with Crippen LogP contribution in [0.15, 0.2) is 35.0 Å². The fourth-order valence-electron chi connectivity index (χ4n) is 3.26. The third-order valence-electron chi connectivity index (χ3n) is 4.98. The molecule has 2 heterocycles. The molecule has 1 amide bonds. The molecule has 0 aliphatic carbocycles. The average Bonchev–Trinajstić information content (AvgIpc) is 3.21. The van der Waals surface area contributed by atoms with Gasteiger partial charge in [-0.2, -0.15) is 11.3 Å².